The minimum atomic E-state index is -0.520. The van der Waals surface area contributed by atoms with Crippen LogP contribution >= 0.6 is 0 Å². The van der Waals surface area contributed by atoms with Crippen molar-refractivity contribution in [3.63, 3.8) is 0 Å². The summed E-state index contributed by atoms with van der Waals surface area (Å²) in [7, 11) is 1.71. The highest BCUT2D eigenvalue weighted by molar-refractivity contribution is 5.87. The second kappa shape index (κ2) is 4.58. The van der Waals surface area contributed by atoms with E-state index in [1.807, 2.05) is 0 Å². The lowest BCUT2D eigenvalue weighted by atomic mass is 9.39. The minimum absolute atomic E-state index is 0.0384. The first-order chi connectivity index (χ1) is 10.2. The van der Waals surface area contributed by atoms with Crippen LogP contribution in [0.1, 0.15) is 52.4 Å². The van der Waals surface area contributed by atoms with Gasteiger partial charge in [-0.1, -0.05) is 13.5 Å². The molecule has 0 heterocycles. The molecule has 0 aromatic rings. The average molecular weight is 303 g/mol. The molecular weight excluding hydrogens is 278 g/mol. The van der Waals surface area contributed by atoms with Gasteiger partial charge in [0.1, 0.15) is 5.60 Å². The van der Waals surface area contributed by atoms with Crippen molar-refractivity contribution in [3.8, 4) is 6.07 Å². The van der Waals surface area contributed by atoms with E-state index >= 15 is 0 Å². The Kier molecular flexibility index (Phi) is 3.24. The van der Waals surface area contributed by atoms with Gasteiger partial charge in [0.25, 0.3) is 0 Å². The molecule has 0 spiro atoms. The lowest BCUT2D eigenvalue weighted by Crippen LogP contribution is -2.65. The molecule has 0 amide bonds. The molecule has 0 radical (unpaired) electrons. The van der Waals surface area contributed by atoms with Crippen LogP contribution < -0.4 is 0 Å². The van der Waals surface area contributed by atoms with E-state index in [-0.39, 0.29) is 22.2 Å². The Morgan fingerprint density at radius 2 is 1.95 bits per heavy atom. The maximum Gasteiger partial charge on any atom is 0.333 e. The molecule has 0 aromatic heterocycles. The molecule has 4 heteroatoms. The summed E-state index contributed by atoms with van der Waals surface area (Å²) in [5, 5.41) is 9.84. The van der Waals surface area contributed by atoms with Crippen LogP contribution in [0, 0.1) is 27.6 Å². The van der Waals surface area contributed by atoms with E-state index in [0.29, 0.717) is 18.6 Å². The van der Waals surface area contributed by atoms with Crippen molar-refractivity contribution in [2.24, 2.45) is 16.2 Å². The first kappa shape index (κ1) is 15.6. The summed E-state index contributed by atoms with van der Waals surface area (Å²) in [4.78, 5) is 12.2. The van der Waals surface area contributed by atoms with Gasteiger partial charge < -0.3 is 9.47 Å². The van der Waals surface area contributed by atoms with Gasteiger partial charge in [-0.2, -0.15) is 5.26 Å². The van der Waals surface area contributed by atoms with Crippen molar-refractivity contribution in [3.05, 3.63) is 12.2 Å². The Balaban J connectivity index is 2.00. The first-order valence-electron chi connectivity index (χ1n) is 7.98. The summed E-state index contributed by atoms with van der Waals surface area (Å²) in [6.45, 7) is 8.25. The van der Waals surface area contributed by atoms with Crippen LogP contribution in [0.5, 0.6) is 0 Å². The Hall–Kier alpha value is -1.34. The Morgan fingerprint density at radius 3 is 2.55 bits per heavy atom. The zero-order chi connectivity index (χ0) is 16.2. The van der Waals surface area contributed by atoms with Crippen LogP contribution in [-0.4, -0.2) is 25.3 Å². The highest BCUT2D eigenvalue weighted by atomic mass is 16.6. The fourth-order valence-corrected chi connectivity index (χ4v) is 6.24. The average Bonchev–Trinajstić information content (AvgIpc) is 2.34. The number of ether oxygens (including phenoxy) is 2. The fraction of sp³-hybridized carbons (Fsp3) is 0.778. The van der Waals surface area contributed by atoms with Crippen LogP contribution in [0.25, 0.3) is 0 Å². The third-order valence-electron chi connectivity index (χ3n) is 5.73. The van der Waals surface area contributed by atoms with Gasteiger partial charge in [-0.25, -0.2) is 4.79 Å². The molecule has 0 N–H and O–H groups in total. The Bertz CT molecular complexity index is 579. The summed E-state index contributed by atoms with van der Waals surface area (Å²) in [5.41, 5.74) is -0.458. The SMILES string of the molecule is C=C(C)C(=O)OC12CC3(C)CC(C#N)(CC(COC)(C3)C1)C2. The van der Waals surface area contributed by atoms with Gasteiger partial charge in [0.15, 0.2) is 0 Å². The number of methoxy groups -OCH3 is 1. The van der Waals surface area contributed by atoms with E-state index in [1.165, 1.54) is 0 Å². The van der Waals surface area contributed by atoms with Crippen molar-refractivity contribution in [2.75, 3.05) is 13.7 Å². The van der Waals surface area contributed by atoms with Crippen LogP contribution in [-0.2, 0) is 14.3 Å². The molecule has 0 saturated heterocycles. The molecule has 0 aliphatic heterocycles. The summed E-state index contributed by atoms with van der Waals surface area (Å²) in [5.74, 6) is -0.328. The quantitative estimate of drug-likeness (QED) is 0.590. The molecule has 4 bridgehead atoms. The molecule has 4 rings (SSSR count). The second-order valence-electron chi connectivity index (χ2n) is 8.55. The van der Waals surface area contributed by atoms with Crippen LogP contribution in [0.3, 0.4) is 0 Å². The third kappa shape index (κ3) is 2.27. The van der Waals surface area contributed by atoms with Crippen molar-refractivity contribution in [1.82, 2.24) is 0 Å². The maximum atomic E-state index is 12.2. The van der Waals surface area contributed by atoms with E-state index in [2.05, 4.69) is 19.6 Å². The summed E-state index contributed by atoms with van der Waals surface area (Å²) < 4.78 is 11.4. The first-order valence-corrected chi connectivity index (χ1v) is 7.98. The van der Waals surface area contributed by atoms with E-state index < -0.39 is 5.60 Å². The molecule has 4 aliphatic carbocycles. The van der Waals surface area contributed by atoms with E-state index in [1.54, 1.807) is 14.0 Å². The molecule has 4 fully saturated rings. The fourth-order valence-electron chi connectivity index (χ4n) is 6.24. The van der Waals surface area contributed by atoms with Crippen LogP contribution in [0.4, 0.5) is 0 Å². The number of hydrogen-bond acceptors (Lipinski definition) is 4. The van der Waals surface area contributed by atoms with E-state index in [9.17, 15) is 10.1 Å². The van der Waals surface area contributed by atoms with Crippen LogP contribution in [0.2, 0.25) is 0 Å². The van der Waals surface area contributed by atoms with Crippen LogP contribution in [0.15, 0.2) is 12.2 Å². The molecule has 4 atom stereocenters. The molecular formula is C18H25NO3. The molecule has 4 saturated carbocycles. The minimum Gasteiger partial charge on any atom is -0.456 e. The maximum absolute atomic E-state index is 12.2. The number of nitrogens with zero attached hydrogens (tertiary/aromatic N) is 1. The Morgan fingerprint density at radius 1 is 1.23 bits per heavy atom. The molecule has 120 valence electrons. The number of esters is 1. The van der Waals surface area contributed by atoms with Gasteiger partial charge >= 0.3 is 5.97 Å². The normalized spacial score (nSPS) is 45.4. The number of carbonyl (C=O) groups is 1. The van der Waals surface area contributed by atoms with Gasteiger partial charge in [-0.15, -0.1) is 0 Å². The predicted molar refractivity (Wildman–Crippen MR) is 81.8 cm³/mol. The van der Waals surface area contributed by atoms with Gasteiger partial charge in [-0.3, -0.25) is 0 Å². The van der Waals surface area contributed by atoms with E-state index in [4.69, 9.17) is 9.47 Å². The largest absolute Gasteiger partial charge is 0.456 e. The summed E-state index contributed by atoms with van der Waals surface area (Å²) >= 11 is 0. The standard InChI is InChI=1S/C18H25NO3/c1-13(2)14(20)22-18-7-15(3)5-16(9-18,11-19)8-17(6-15,10-18)12-21-4/h1,5-10,12H2,2-4H3. The zero-order valence-electron chi connectivity index (χ0n) is 13.8. The summed E-state index contributed by atoms with van der Waals surface area (Å²) in [6, 6.07) is 2.58. The number of nitriles is 1. The topological polar surface area (TPSA) is 59.3 Å². The van der Waals surface area contributed by atoms with Crippen molar-refractivity contribution < 1.29 is 14.3 Å². The van der Waals surface area contributed by atoms with Gasteiger partial charge in [-0.05, 0) is 49.9 Å². The number of hydrogen-bond donors (Lipinski definition) is 0. The second-order valence-corrected chi connectivity index (χ2v) is 8.55. The third-order valence-corrected chi connectivity index (χ3v) is 5.73. The number of rotatable bonds is 4. The molecule has 4 unspecified atom stereocenters. The zero-order valence-corrected chi connectivity index (χ0v) is 13.8. The molecule has 4 aliphatic rings. The smallest absolute Gasteiger partial charge is 0.333 e. The monoisotopic (exact) mass is 303 g/mol. The number of carbonyl (C=O) groups excluding carboxylic acids is 1. The molecule has 22 heavy (non-hydrogen) atoms. The van der Waals surface area contributed by atoms with Gasteiger partial charge in [0, 0.05) is 19.1 Å². The lowest BCUT2D eigenvalue weighted by Gasteiger charge is -2.67. The van der Waals surface area contributed by atoms with Crippen molar-refractivity contribution in [2.45, 2.75) is 58.0 Å². The highest BCUT2D eigenvalue weighted by Crippen LogP contribution is 2.71. The van der Waals surface area contributed by atoms with Gasteiger partial charge in [0.05, 0.1) is 18.1 Å². The lowest BCUT2D eigenvalue weighted by molar-refractivity contribution is -0.238. The molecule has 0 aromatic carbocycles. The predicted octanol–water partition coefficient (Wildman–Crippen LogP) is 3.37. The summed E-state index contributed by atoms with van der Waals surface area (Å²) in [6.07, 6.45) is 5.17. The molecule has 4 nitrogen and oxygen atoms in total. The van der Waals surface area contributed by atoms with Crippen molar-refractivity contribution in [1.29, 1.82) is 5.26 Å². The van der Waals surface area contributed by atoms with E-state index in [0.717, 1.165) is 32.1 Å². The highest BCUT2D eigenvalue weighted by Gasteiger charge is 2.68. The van der Waals surface area contributed by atoms with Crippen molar-refractivity contribution >= 4 is 5.97 Å². The van der Waals surface area contributed by atoms with Gasteiger partial charge in [0.2, 0.25) is 0 Å². The Labute approximate surface area is 132 Å².